The van der Waals surface area contributed by atoms with E-state index in [-0.39, 0.29) is 17.7 Å². The lowest BCUT2D eigenvalue weighted by Gasteiger charge is -2.30. The van der Waals surface area contributed by atoms with Crippen LogP contribution in [0.25, 0.3) is 10.9 Å². The largest absolute Gasteiger partial charge is 0.425 e. The number of para-hydroxylation sites is 1. The Morgan fingerprint density at radius 3 is 2.69 bits per heavy atom. The SMILES string of the molecule is CC(C)c1nnc(C2CCN(C(=O)Cn3ccc4ccccc43)CC2)o1. The summed E-state index contributed by atoms with van der Waals surface area (Å²) in [5.41, 5.74) is 1.10. The van der Waals surface area contributed by atoms with Crippen LogP contribution in [0, 0.1) is 0 Å². The molecule has 6 heteroatoms. The molecule has 3 heterocycles. The highest BCUT2D eigenvalue weighted by atomic mass is 16.4. The van der Waals surface area contributed by atoms with E-state index in [9.17, 15) is 4.79 Å². The maximum atomic E-state index is 12.7. The van der Waals surface area contributed by atoms with Gasteiger partial charge in [-0.3, -0.25) is 4.79 Å². The molecule has 0 saturated carbocycles. The molecule has 0 atom stereocenters. The number of hydrogen-bond donors (Lipinski definition) is 0. The molecular formula is C20H24N4O2. The van der Waals surface area contributed by atoms with Gasteiger partial charge in [0.05, 0.1) is 0 Å². The van der Waals surface area contributed by atoms with Crippen LogP contribution in [0.3, 0.4) is 0 Å². The van der Waals surface area contributed by atoms with Gasteiger partial charge in [-0.1, -0.05) is 32.0 Å². The first kappa shape index (κ1) is 16.8. The van der Waals surface area contributed by atoms with Crippen LogP contribution in [0.5, 0.6) is 0 Å². The maximum absolute atomic E-state index is 12.7. The Kier molecular flexibility index (Phi) is 4.49. The third-order valence-corrected chi connectivity index (χ3v) is 5.13. The van der Waals surface area contributed by atoms with E-state index in [2.05, 4.69) is 28.4 Å². The van der Waals surface area contributed by atoms with Crippen molar-refractivity contribution in [3.05, 3.63) is 48.3 Å². The molecule has 1 aliphatic heterocycles. The fourth-order valence-electron chi connectivity index (χ4n) is 3.54. The number of benzene rings is 1. The van der Waals surface area contributed by atoms with Crippen LogP contribution in [0.15, 0.2) is 40.9 Å². The van der Waals surface area contributed by atoms with E-state index in [0.717, 1.165) is 42.7 Å². The second-order valence-electron chi connectivity index (χ2n) is 7.29. The molecule has 26 heavy (non-hydrogen) atoms. The lowest BCUT2D eigenvalue weighted by atomic mass is 9.97. The molecule has 6 nitrogen and oxygen atoms in total. The molecule has 0 bridgehead atoms. The number of aromatic nitrogens is 3. The van der Waals surface area contributed by atoms with E-state index >= 15 is 0 Å². The standard InChI is InChI=1S/C20H24N4O2/c1-14(2)19-21-22-20(26-19)16-8-10-23(11-9-16)18(25)13-24-12-7-15-5-3-4-6-17(15)24/h3-7,12,14,16H,8-11,13H2,1-2H3. The summed E-state index contributed by atoms with van der Waals surface area (Å²) < 4.78 is 7.81. The summed E-state index contributed by atoms with van der Waals surface area (Å²) >= 11 is 0. The van der Waals surface area contributed by atoms with Crippen molar-refractivity contribution >= 4 is 16.8 Å². The zero-order valence-corrected chi connectivity index (χ0v) is 15.3. The molecule has 1 aliphatic rings. The quantitative estimate of drug-likeness (QED) is 0.720. The zero-order valence-electron chi connectivity index (χ0n) is 15.3. The van der Waals surface area contributed by atoms with E-state index in [0.29, 0.717) is 12.4 Å². The fourth-order valence-corrected chi connectivity index (χ4v) is 3.54. The highest BCUT2D eigenvalue weighted by Gasteiger charge is 2.27. The molecule has 3 aromatic rings. The third kappa shape index (κ3) is 3.23. The van der Waals surface area contributed by atoms with Crippen LogP contribution in [-0.2, 0) is 11.3 Å². The topological polar surface area (TPSA) is 64.2 Å². The Hall–Kier alpha value is -2.63. The molecule has 1 fully saturated rings. The Bertz CT molecular complexity index is 903. The summed E-state index contributed by atoms with van der Waals surface area (Å²) in [4.78, 5) is 14.6. The molecule has 0 aliphatic carbocycles. The number of likely N-dealkylation sites (tertiary alicyclic amines) is 1. The van der Waals surface area contributed by atoms with Crippen molar-refractivity contribution in [1.29, 1.82) is 0 Å². The summed E-state index contributed by atoms with van der Waals surface area (Å²) in [5, 5.41) is 9.49. The van der Waals surface area contributed by atoms with E-state index in [1.165, 1.54) is 0 Å². The van der Waals surface area contributed by atoms with Gasteiger partial charge in [-0.05, 0) is 30.4 Å². The number of carbonyl (C=O) groups excluding carboxylic acids is 1. The Morgan fingerprint density at radius 1 is 1.19 bits per heavy atom. The first-order valence-corrected chi connectivity index (χ1v) is 9.27. The van der Waals surface area contributed by atoms with E-state index in [1.807, 2.05) is 41.6 Å². The van der Waals surface area contributed by atoms with Gasteiger partial charge in [-0.2, -0.15) is 0 Å². The van der Waals surface area contributed by atoms with Crippen LogP contribution >= 0.6 is 0 Å². The minimum Gasteiger partial charge on any atom is -0.425 e. The van der Waals surface area contributed by atoms with Gasteiger partial charge in [0.1, 0.15) is 6.54 Å². The van der Waals surface area contributed by atoms with E-state index in [1.54, 1.807) is 0 Å². The average Bonchev–Trinajstić information content (AvgIpc) is 3.30. The molecule has 0 spiro atoms. The molecule has 0 unspecified atom stereocenters. The van der Waals surface area contributed by atoms with Crippen molar-refractivity contribution in [3.8, 4) is 0 Å². The molecule has 1 saturated heterocycles. The van der Waals surface area contributed by atoms with Crippen LogP contribution in [-0.4, -0.2) is 38.7 Å². The second-order valence-corrected chi connectivity index (χ2v) is 7.29. The minimum absolute atomic E-state index is 0.165. The normalized spacial score (nSPS) is 15.9. The predicted octanol–water partition coefficient (Wildman–Crippen LogP) is 3.55. The number of piperidine rings is 1. The third-order valence-electron chi connectivity index (χ3n) is 5.13. The molecule has 0 N–H and O–H groups in total. The Labute approximate surface area is 152 Å². The Morgan fingerprint density at radius 2 is 1.96 bits per heavy atom. The number of amides is 1. The van der Waals surface area contributed by atoms with Crippen molar-refractivity contribution in [3.63, 3.8) is 0 Å². The summed E-state index contributed by atoms with van der Waals surface area (Å²) in [5.74, 6) is 2.08. The van der Waals surface area contributed by atoms with Gasteiger partial charge in [0, 0.05) is 36.6 Å². The fraction of sp³-hybridized carbons (Fsp3) is 0.450. The van der Waals surface area contributed by atoms with Crippen LogP contribution in [0.2, 0.25) is 0 Å². The predicted molar refractivity (Wildman–Crippen MR) is 98.9 cm³/mol. The number of fused-ring (bicyclic) bond motifs is 1. The van der Waals surface area contributed by atoms with Crippen molar-refractivity contribution in [2.75, 3.05) is 13.1 Å². The van der Waals surface area contributed by atoms with Gasteiger partial charge >= 0.3 is 0 Å². The Balaban J connectivity index is 1.37. The molecule has 1 amide bonds. The summed E-state index contributed by atoms with van der Waals surface area (Å²) in [6.45, 7) is 5.95. The van der Waals surface area contributed by atoms with Crippen molar-refractivity contribution < 1.29 is 9.21 Å². The van der Waals surface area contributed by atoms with Crippen molar-refractivity contribution in [2.45, 2.75) is 45.1 Å². The number of hydrogen-bond acceptors (Lipinski definition) is 4. The smallest absolute Gasteiger partial charge is 0.242 e. The molecule has 136 valence electrons. The lowest BCUT2D eigenvalue weighted by Crippen LogP contribution is -2.39. The highest BCUT2D eigenvalue weighted by Crippen LogP contribution is 2.28. The van der Waals surface area contributed by atoms with Gasteiger partial charge in [-0.15, -0.1) is 10.2 Å². The van der Waals surface area contributed by atoms with Gasteiger partial charge in [0.2, 0.25) is 17.7 Å². The minimum atomic E-state index is 0.165. The second kappa shape index (κ2) is 6.94. The van der Waals surface area contributed by atoms with Gasteiger partial charge in [0.15, 0.2) is 0 Å². The monoisotopic (exact) mass is 352 g/mol. The van der Waals surface area contributed by atoms with Crippen molar-refractivity contribution in [1.82, 2.24) is 19.7 Å². The van der Waals surface area contributed by atoms with Gasteiger partial charge in [-0.25, -0.2) is 0 Å². The number of rotatable bonds is 4. The maximum Gasteiger partial charge on any atom is 0.242 e. The summed E-state index contributed by atoms with van der Waals surface area (Å²) in [7, 11) is 0. The number of carbonyl (C=O) groups is 1. The molecule has 0 radical (unpaired) electrons. The lowest BCUT2D eigenvalue weighted by molar-refractivity contribution is -0.132. The van der Waals surface area contributed by atoms with Crippen LogP contribution < -0.4 is 0 Å². The first-order valence-electron chi connectivity index (χ1n) is 9.27. The summed E-state index contributed by atoms with van der Waals surface area (Å²) in [6.07, 6.45) is 3.73. The highest BCUT2D eigenvalue weighted by molar-refractivity contribution is 5.83. The van der Waals surface area contributed by atoms with Gasteiger partial charge < -0.3 is 13.9 Å². The van der Waals surface area contributed by atoms with Crippen molar-refractivity contribution in [2.24, 2.45) is 0 Å². The molecule has 4 rings (SSSR count). The average molecular weight is 352 g/mol. The van der Waals surface area contributed by atoms with E-state index < -0.39 is 0 Å². The van der Waals surface area contributed by atoms with Crippen LogP contribution in [0.1, 0.15) is 50.3 Å². The van der Waals surface area contributed by atoms with Gasteiger partial charge in [0.25, 0.3) is 0 Å². The molecule has 1 aromatic carbocycles. The number of nitrogens with zero attached hydrogens (tertiary/aromatic N) is 4. The first-order chi connectivity index (χ1) is 12.6. The van der Waals surface area contributed by atoms with Crippen LogP contribution in [0.4, 0.5) is 0 Å². The van der Waals surface area contributed by atoms with E-state index in [4.69, 9.17) is 4.42 Å². The summed E-state index contributed by atoms with van der Waals surface area (Å²) in [6, 6.07) is 10.2. The zero-order chi connectivity index (χ0) is 18.1. The molecule has 2 aromatic heterocycles. The molecular weight excluding hydrogens is 328 g/mol.